The molecule has 5 rings (SSSR count). The van der Waals surface area contributed by atoms with E-state index in [2.05, 4.69) is 21.1 Å². The summed E-state index contributed by atoms with van der Waals surface area (Å²) in [5.74, 6) is -4.17. The van der Waals surface area contributed by atoms with E-state index in [9.17, 15) is 9.59 Å². The van der Waals surface area contributed by atoms with E-state index >= 15 is 9.59 Å². The average Bonchev–Trinajstić information content (AvgIpc) is 3.56. The minimum atomic E-state index is -1.38. The number of cyclic esters (lactones) is 1. The summed E-state index contributed by atoms with van der Waals surface area (Å²) in [6.45, 7) is 20.0. The summed E-state index contributed by atoms with van der Waals surface area (Å²) >= 11 is 1.41. The number of quaternary nitrogens is 1. The number of fused-ring (bicyclic) bond motifs is 1. The fraction of sp³-hybridized carbons (Fsp3) is 0.808. The first kappa shape index (κ1) is 57.0. The summed E-state index contributed by atoms with van der Waals surface area (Å²) < 4.78 is 71.0. The minimum Gasteiger partial charge on any atom is -0.497 e. The van der Waals surface area contributed by atoms with Crippen molar-refractivity contribution >= 4 is 35.5 Å². The van der Waals surface area contributed by atoms with Crippen molar-refractivity contribution in [2.75, 3.05) is 49.6 Å². The second-order valence-corrected chi connectivity index (χ2v) is 22.7. The number of ether oxygens (including phenoxy) is 11. The van der Waals surface area contributed by atoms with Crippen molar-refractivity contribution in [3.63, 3.8) is 0 Å². The molecule has 0 spiro atoms. The molecule has 1 aromatic carbocycles. The fourth-order valence-electron chi connectivity index (χ4n) is 11.7. The van der Waals surface area contributed by atoms with E-state index in [-0.39, 0.29) is 37.2 Å². The van der Waals surface area contributed by atoms with Gasteiger partial charge in [0.15, 0.2) is 30.4 Å². The topological polar surface area (TPSA) is 170 Å². The molecule has 4 aliphatic heterocycles. The number of Topliss-reactive ketones (excluding diaryl/α,β-unsaturated/α-hetero) is 1. The van der Waals surface area contributed by atoms with Gasteiger partial charge in [0.1, 0.15) is 34.5 Å². The second-order valence-electron chi connectivity index (χ2n) is 21.6. The van der Waals surface area contributed by atoms with Crippen LogP contribution in [0.2, 0.25) is 0 Å². The highest BCUT2D eigenvalue weighted by atomic mass is 32.2. The number of carbonyl (C=O) groups excluding carboxylic acids is 4. The maximum Gasteiger partial charge on any atom is 0.320 e. The van der Waals surface area contributed by atoms with E-state index < -0.39 is 119 Å². The average molecular weight is 995 g/mol. The van der Waals surface area contributed by atoms with Crippen LogP contribution < -0.4 is 4.74 Å². The molecule has 1 aromatic rings. The molecule has 69 heavy (non-hydrogen) atoms. The Hall–Kier alpha value is -2.87. The molecule has 0 aliphatic carbocycles. The third-order valence-electron chi connectivity index (χ3n) is 15.7. The van der Waals surface area contributed by atoms with Crippen LogP contribution in [0.4, 0.5) is 0 Å². The van der Waals surface area contributed by atoms with E-state index in [0.29, 0.717) is 16.0 Å². The van der Waals surface area contributed by atoms with Crippen LogP contribution >= 0.6 is 11.8 Å². The molecule has 0 N–H and O–H groups in total. The molecule has 4 heterocycles. The molecule has 4 saturated heterocycles. The third kappa shape index (κ3) is 12.3. The van der Waals surface area contributed by atoms with E-state index in [0.717, 1.165) is 12.0 Å². The van der Waals surface area contributed by atoms with Gasteiger partial charge in [-0.3, -0.25) is 19.2 Å². The molecule has 0 amide bonds. The Morgan fingerprint density at radius 2 is 1.43 bits per heavy atom. The summed E-state index contributed by atoms with van der Waals surface area (Å²) in [6, 6.07) is 7.61. The van der Waals surface area contributed by atoms with Gasteiger partial charge in [0.25, 0.3) is 0 Å². The Balaban J connectivity index is 1.65. The number of rotatable bonds is 14. The smallest absolute Gasteiger partial charge is 0.320 e. The van der Waals surface area contributed by atoms with Crippen LogP contribution in [0.3, 0.4) is 0 Å². The highest BCUT2D eigenvalue weighted by Crippen LogP contribution is 2.50. The molecule has 0 saturated carbocycles. The van der Waals surface area contributed by atoms with E-state index in [4.69, 9.17) is 52.1 Å². The first-order valence-electron chi connectivity index (χ1n) is 24.7. The summed E-state index contributed by atoms with van der Waals surface area (Å²) in [5, 5.41) is -0.760. The molecule has 17 heteroatoms. The molecule has 0 radical (unpaired) electrons. The molecular formula is C52H84NO15S+. The van der Waals surface area contributed by atoms with Gasteiger partial charge in [-0.05, 0) is 72.1 Å². The van der Waals surface area contributed by atoms with Gasteiger partial charge in [0.2, 0.25) is 0 Å². The SMILES string of the molecule is CC[C@H]1OC(=O)[C@H](C)[C@@H](O[C@H]2C[C@@](C)(OC)[C@@H](OC(C)=O)[C@H](C)O2)[C@H](C)[C@@H](O[C@@H]2O[C@H](C)C[C@H]([N+](C)(C)C)[C@H]2OC)[C@](C)(OC)C[C@@H](C)C(=O)[C@H](C)[C@H]2C(SCc3ccc(OC)cc3)C(=O)O[C@@]21C. The molecule has 4 fully saturated rings. The Bertz CT molecular complexity index is 1910. The number of likely N-dealkylation sites (N-methyl/N-ethyl adjacent to an activating group) is 1. The number of thioether (sulfide) groups is 1. The highest BCUT2D eigenvalue weighted by Gasteiger charge is 2.62. The zero-order chi connectivity index (χ0) is 51.6. The molecule has 392 valence electrons. The van der Waals surface area contributed by atoms with E-state index in [1.54, 1.807) is 49.2 Å². The van der Waals surface area contributed by atoms with Gasteiger partial charge >= 0.3 is 17.9 Å². The van der Waals surface area contributed by atoms with E-state index in [1.165, 1.54) is 18.7 Å². The fourth-order valence-corrected chi connectivity index (χ4v) is 13.2. The van der Waals surface area contributed by atoms with Gasteiger partial charge in [0, 0.05) is 70.5 Å². The van der Waals surface area contributed by atoms with Gasteiger partial charge < -0.3 is 56.6 Å². The largest absolute Gasteiger partial charge is 0.497 e. The van der Waals surface area contributed by atoms with Gasteiger partial charge in [-0.1, -0.05) is 39.8 Å². The van der Waals surface area contributed by atoms with Crippen LogP contribution in [-0.4, -0.2) is 161 Å². The quantitative estimate of drug-likeness (QED) is 0.107. The van der Waals surface area contributed by atoms with Crippen LogP contribution in [0.25, 0.3) is 0 Å². The van der Waals surface area contributed by atoms with Crippen LogP contribution in [0.5, 0.6) is 5.75 Å². The maximum absolute atomic E-state index is 15.2. The Morgan fingerprint density at radius 1 is 0.812 bits per heavy atom. The zero-order valence-corrected chi connectivity index (χ0v) is 45.4. The molecular weight excluding hydrogens is 911 g/mol. The van der Waals surface area contributed by atoms with Gasteiger partial charge in [-0.15, -0.1) is 11.8 Å². The normalized spacial score (nSPS) is 41.6. The molecule has 16 nitrogen and oxygen atoms in total. The lowest BCUT2D eigenvalue weighted by Crippen LogP contribution is -2.64. The van der Waals surface area contributed by atoms with Crippen molar-refractivity contribution in [2.24, 2.45) is 29.6 Å². The monoisotopic (exact) mass is 995 g/mol. The standard InChI is InChI=1S/C52H84NO15S/c1-19-38-52(11)40(44(48(57)68-52)69-27-35-20-22-36(58-15)23-21-35)30(4)41(55)28(2)25-50(9,60-17)45(67-49-43(59-16)37(53(12,13)14)24-29(3)62-49)31(5)42(32(6)47(56)65-38)66-39-26-51(10,61-18)46(33(7)63-39)64-34(8)54/h20-23,28-33,37-40,42-46,49H,19,24-27H2,1-18H3/q+1/t28-,29-,30-,31+,32-,33+,37+,38-,39+,40+,42+,43-,44?,45-,46+,49+,50-,51-,52-/m1/s1. The minimum absolute atomic E-state index is 0.0187. The predicted molar refractivity (Wildman–Crippen MR) is 259 cm³/mol. The van der Waals surface area contributed by atoms with Crippen molar-refractivity contribution in [3.8, 4) is 5.75 Å². The first-order chi connectivity index (χ1) is 32.2. The molecule has 1 unspecified atom stereocenters. The van der Waals surface area contributed by atoms with Crippen LogP contribution in [-0.2, 0) is 72.3 Å². The predicted octanol–water partition coefficient (Wildman–Crippen LogP) is 6.94. The van der Waals surface area contributed by atoms with Crippen molar-refractivity contribution in [3.05, 3.63) is 29.8 Å². The molecule has 4 aliphatic rings. The summed E-state index contributed by atoms with van der Waals surface area (Å²) in [6.07, 6.45) is -5.49. The first-order valence-corrected chi connectivity index (χ1v) is 25.7. The zero-order valence-electron chi connectivity index (χ0n) is 44.6. The summed E-state index contributed by atoms with van der Waals surface area (Å²) in [4.78, 5) is 56.8. The Morgan fingerprint density at radius 3 is 1.99 bits per heavy atom. The van der Waals surface area contributed by atoms with Crippen molar-refractivity contribution < 1.29 is 75.8 Å². The summed E-state index contributed by atoms with van der Waals surface area (Å²) in [7, 11) is 12.7. The maximum atomic E-state index is 15.2. The van der Waals surface area contributed by atoms with Crippen LogP contribution in [0.15, 0.2) is 24.3 Å². The van der Waals surface area contributed by atoms with Gasteiger partial charge in [-0.25, -0.2) is 0 Å². The lowest BCUT2D eigenvalue weighted by molar-refractivity contribution is -0.903. The van der Waals surface area contributed by atoms with Crippen molar-refractivity contribution in [2.45, 2.75) is 191 Å². The van der Waals surface area contributed by atoms with E-state index in [1.807, 2.05) is 72.7 Å². The number of hydrogen-bond acceptors (Lipinski definition) is 16. The number of ketones is 1. The highest BCUT2D eigenvalue weighted by molar-refractivity contribution is 7.99. The number of esters is 3. The molecule has 0 bridgehead atoms. The number of nitrogens with zero attached hydrogens (tertiary/aromatic N) is 1. The lowest BCUT2D eigenvalue weighted by atomic mass is 9.70. The third-order valence-corrected chi connectivity index (χ3v) is 17.0. The molecule has 19 atom stereocenters. The number of hydrogen-bond donors (Lipinski definition) is 0. The van der Waals surface area contributed by atoms with Gasteiger partial charge in [-0.2, -0.15) is 0 Å². The van der Waals surface area contributed by atoms with Crippen LogP contribution in [0.1, 0.15) is 107 Å². The van der Waals surface area contributed by atoms with Crippen LogP contribution in [0, 0.1) is 29.6 Å². The Kier molecular flexibility index (Phi) is 18.9. The Labute approximate surface area is 415 Å². The van der Waals surface area contributed by atoms with Crippen molar-refractivity contribution in [1.82, 2.24) is 0 Å². The number of carbonyl (C=O) groups is 4. The van der Waals surface area contributed by atoms with Gasteiger partial charge in [0.05, 0.1) is 64.2 Å². The lowest BCUT2D eigenvalue weighted by Gasteiger charge is -2.51. The summed E-state index contributed by atoms with van der Waals surface area (Å²) in [5.41, 5.74) is -2.67. The number of methoxy groups -OCH3 is 4. The second kappa shape index (κ2) is 22.9. The number of benzene rings is 1. The molecule has 0 aromatic heterocycles. The van der Waals surface area contributed by atoms with Crippen molar-refractivity contribution in [1.29, 1.82) is 0 Å².